The third-order valence-corrected chi connectivity index (χ3v) is 4.90. The molecule has 30 heavy (non-hydrogen) atoms. The van der Waals surface area contributed by atoms with Crippen LogP contribution in [0.4, 0.5) is 0 Å². The van der Waals surface area contributed by atoms with Crippen LogP contribution in [0.15, 0.2) is 47.5 Å². The van der Waals surface area contributed by atoms with Crippen molar-refractivity contribution in [3.63, 3.8) is 0 Å². The Hall–Kier alpha value is -3.02. The summed E-state index contributed by atoms with van der Waals surface area (Å²) in [5.41, 5.74) is 4.06. The van der Waals surface area contributed by atoms with Crippen LogP contribution in [0.2, 0.25) is 0 Å². The largest absolute Gasteiger partial charge is 0.494 e. The first kappa shape index (κ1) is 23.3. The fourth-order valence-corrected chi connectivity index (χ4v) is 3.14. The smallest absolute Gasteiger partial charge is 0.253 e. The van der Waals surface area contributed by atoms with Gasteiger partial charge in [-0.05, 0) is 57.0 Å². The molecule has 0 aliphatic rings. The van der Waals surface area contributed by atoms with Crippen molar-refractivity contribution >= 4 is 11.9 Å². The lowest BCUT2D eigenvalue weighted by Crippen LogP contribution is -2.36. The topological polar surface area (TPSA) is 66.0 Å². The number of nitrogens with zero attached hydrogens (tertiary/aromatic N) is 2. The summed E-state index contributed by atoms with van der Waals surface area (Å²) < 4.78 is 5.75. The van der Waals surface area contributed by atoms with Gasteiger partial charge in [-0.15, -0.1) is 0 Å². The van der Waals surface area contributed by atoms with E-state index in [0.717, 1.165) is 16.9 Å². The summed E-state index contributed by atoms with van der Waals surface area (Å²) >= 11 is 0. The van der Waals surface area contributed by atoms with E-state index in [2.05, 4.69) is 40.7 Å². The van der Waals surface area contributed by atoms with E-state index in [0.29, 0.717) is 44.3 Å². The average Bonchev–Trinajstić information content (AvgIpc) is 2.76. The summed E-state index contributed by atoms with van der Waals surface area (Å²) in [6.45, 7) is 11.3. The second-order valence-corrected chi connectivity index (χ2v) is 7.00. The number of amides is 1. The number of carbonyl (C=O) groups excluding carboxylic acids is 1. The van der Waals surface area contributed by atoms with Crippen LogP contribution in [-0.4, -0.2) is 43.5 Å². The molecule has 0 bridgehead atoms. The molecule has 0 saturated heterocycles. The van der Waals surface area contributed by atoms with Crippen molar-refractivity contribution in [2.75, 3.05) is 26.7 Å². The fraction of sp³-hybridized carbons (Fsp3) is 0.417. The Morgan fingerprint density at radius 2 is 1.67 bits per heavy atom. The summed E-state index contributed by atoms with van der Waals surface area (Å²) in [5, 5.41) is 6.65. The third-order valence-electron chi connectivity index (χ3n) is 4.90. The minimum absolute atomic E-state index is 0.0696. The van der Waals surface area contributed by atoms with Crippen molar-refractivity contribution in [2.24, 2.45) is 4.99 Å². The van der Waals surface area contributed by atoms with Crippen LogP contribution in [0, 0.1) is 6.92 Å². The highest BCUT2D eigenvalue weighted by molar-refractivity contribution is 5.94. The van der Waals surface area contributed by atoms with E-state index in [1.807, 2.05) is 49.9 Å². The van der Waals surface area contributed by atoms with Crippen LogP contribution in [0.25, 0.3) is 0 Å². The van der Waals surface area contributed by atoms with Crippen molar-refractivity contribution in [3.05, 3.63) is 64.7 Å². The van der Waals surface area contributed by atoms with Gasteiger partial charge in [-0.25, -0.2) is 0 Å². The monoisotopic (exact) mass is 410 g/mol. The van der Waals surface area contributed by atoms with Crippen molar-refractivity contribution in [1.29, 1.82) is 0 Å². The molecule has 0 fully saturated rings. The number of ether oxygens (including phenoxy) is 1. The highest BCUT2D eigenvalue weighted by Gasteiger charge is 2.12. The zero-order valence-electron chi connectivity index (χ0n) is 18.8. The van der Waals surface area contributed by atoms with Gasteiger partial charge in [-0.1, -0.05) is 24.3 Å². The predicted octanol–water partition coefficient (Wildman–Crippen LogP) is 3.74. The molecule has 0 atom stereocenters. The molecule has 162 valence electrons. The van der Waals surface area contributed by atoms with Crippen LogP contribution in [0.3, 0.4) is 0 Å². The van der Waals surface area contributed by atoms with Crippen molar-refractivity contribution in [1.82, 2.24) is 15.5 Å². The standard InChI is InChI=1S/C24H34N4O2/c1-6-28(7-2)23(29)20-13-10-19(11-14-20)16-26-24(25-5)27-17-21-12-9-18(4)15-22(21)30-8-3/h9-15H,6-8,16-17H2,1-5H3,(H2,25,26,27). The molecule has 2 rings (SSSR count). The minimum atomic E-state index is 0.0696. The summed E-state index contributed by atoms with van der Waals surface area (Å²) in [6, 6.07) is 13.9. The number of aryl methyl sites for hydroxylation is 1. The molecule has 0 aliphatic carbocycles. The van der Waals surface area contributed by atoms with Crippen molar-refractivity contribution < 1.29 is 9.53 Å². The Morgan fingerprint density at radius 1 is 1.00 bits per heavy atom. The highest BCUT2D eigenvalue weighted by Crippen LogP contribution is 2.20. The number of hydrogen-bond acceptors (Lipinski definition) is 3. The molecule has 0 saturated carbocycles. The first-order chi connectivity index (χ1) is 14.5. The highest BCUT2D eigenvalue weighted by atomic mass is 16.5. The molecular formula is C24H34N4O2. The molecule has 0 unspecified atom stereocenters. The summed E-state index contributed by atoms with van der Waals surface area (Å²) in [6.07, 6.45) is 0. The van der Waals surface area contributed by atoms with E-state index in [1.165, 1.54) is 5.56 Å². The van der Waals surface area contributed by atoms with E-state index in [-0.39, 0.29) is 5.91 Å². The van der Waals surface area contributed by atoms with E-state index in [1.54, 1.807) is 7.05 Å². The maximum Gasteiger partial charge on any atom is 0.253 e. The van der Waals surface area contributed by atoms with Crippen LogP contribution in [0.1, 0.15) is 47.8 Å². The first-order valence-electron chi connectivity index (χ1n) is 10.6. The van der Waals surface area contributed by atoms with Gasteiger partial charge < -0.3 is 20.3 Å². The molecule has 0 radical (unpaired) electrons. The zero-order chi connectivity index (χ0) is 21.9. The van der Waals surface area contributed by atoms with E-state index in [9.17, 15) is 4.79 Å². The van der Waals surface area contributed by atoms with Crippen LogP contribution in [0.5, 0.6) is 5.75 Å². The lowest BCUT2D eigenvalue weighted by molar-refractivity contribution is 0.0773. The van der Waals surface area contributed by atoms with Gasteiger partial charge in [0.15, 0.2) is 5.96 Å². The molecule has 6 nitrogen and oxygen atoms in total. The van der Waals surface area contributed by atoms with E-state index < -0.39 is 0 Å². The first-order valence-corrected chi connectivity index (χ1v) is 10.6. The van der Waals surface area contributed by atoms with Gasteiger partial charge in [0.1, 0.15) is 5.75 Å². The number of carbonyl (C=O) groups is 1. The van der Waals surface area contributed by atoms with Crippen LogP contribution in [-0.2, 0) is 13.1 Å². The Labute approximate surface area is 180 Å². The van der Waals surface area contributed by atoms with Crippen molar-refractivity contribution in [2.45, 2.75) is 40.8 Å². The lowest BCUT2D eigenvalue weighted by Gasteiger charge is -2.18. The second-order valence-electron chi connectivity index (χ2n) is 7.00. The van der Waals surface area contributed by atoms with Gasteiger partial charge >= 0.3 is 0 Å². The number of rotatable bonds is 9. The molecule has 2 N–H and O–H groups in total. The van der Waals surface area contributed by atoms with Gasteiger partial charge in [0, 0.05) is 44.4 Å². The number of nitrogens with one attached hydrogen (secondary N) is 2. The molecule has 2 aromatic rings. The fourth-order valence-electron chi connectivity index (χ4n) is 3.14. The lowest BCUT2D eigenvalue weighted by atomic mass is 10.1. The average molecular weight is 411 g/mol. The molecule has 2 aromatic carbocycles. The molecule has 0 aromatic heterocycles. The van der Waals surface area contributed by atoms with Gasteiger partial charge in [0.2, 0.25) is 0 Å². The molecule has 0 aliphatic heterocycles. The quantitative estimate of drug-likeness (QED) is 0.488. The summed E-state index contributed by atoms with van der Waals surface area (Å²) in [5.74, 6) is 1.68. The number of hydrogen-bond donors (Lipinski definition) is 2. The van der Waals surface area contributed by atoms with Crippen LogP contribution < -0.4 is 15.4 Å². The number of benzene rings is 2. The van der Waals surface area contributed by atoms with Crippen molar-refractivity contribution in [3.8, 4) is 5.75 Å². The maximum atomic E-state index is 12.4. The Morgan fingerprint density at radius 3 is 2.27 bits per heavy atom. The molecule has 0 heterocycles. The number of aliphatic imine (C=N–C) groups is 1. The Bertz CT molecular complexity index is 843. The van der Waals surface area contributed by atoms with Crippen LogP contribution >= 0.6 is 0 Å². The number of guanidine groups is 1. The molecular weight excluding hydrogens is 376 g/mol. The molecule has 1 amide bonds. The third kappa shape index (κ3) is 6.51. The normalized spacial score (nSPS) is 11.2. The summed E-state index contributed by atoms with van der Waals surface area (Å²) in [4.78, 5) is 18.5. The van der Waals surface area contributed by atoms with Gasteiger partial charge in [-0.3, -0.25) is 9.79 Å². The van der Waals surface area contributed by atoms with E-state index >= 15 is 0 Å². The summed E-state index contributed by atoms with van der Waals surface area (Å²) in [7, 11) is 1.75. The maximum absolute atomic E-state index is 12.4. The molecule has 0 spiro atoms. The van der Waals surface area contributed by atoms with Gasteiger partial charge in [0.05, 0.1) is 6.61 Å². The predicted molar refractivity (Wildman–Crippen MR) is 123 cm³/mol. The second kappa shape index (κ2) is 11.9. The van der Waals surface area contributed by atoms with Gasteiger partial charge in [0.25, 0.3) is 5.91 Å². The van der Waals surface area contributed by atoms with Gasteiger partial charge in [-0.2, -0.15) is 0 Å². The zero-order valence-corrected chi connectivity index (χ0v) is 18.8. The minimum Gasteiger partial charge on any atom is -0.494 e. The Kier molecular flexibility index (Phi) is 9.19. The van der Waals surface area contributed by atoms with E-state index in [4.69, 9.17) is 4.74 Å². The SMILES string of the molecule is CCOc1cc(C)ccc1CNC(=NC)NCc1ccc(C(=O)N(CC)CC)cc1. The molecule has 6 heteroatoms. The Balaban J connectivity index is 1.92.